The normalized spacial score (nSPS) is 12.7. The summed E-state index contributed by atoms with van der Waals surface area (Å²) in [5.74, 6) is -0.413. The summed E-state index contributed by atoms with van der Waals surface area (Å²) in [7, 11) is 0. The predicted molar refractivity (Wildman–Crippen MR) is 89.8 cm³/mol. The number of esters is 1. The lowest BCUT2D eigenvalue weighted by Crippen LogP contribution is -2.32. The van der Waals surface area contributed by atoms with Gasteiger partial charge in [-0.25, -0.2) is 0 Å². The third-order valence-electron chi connectivity index (χ3n) is 3.83. The van der Waals surface area contributed by atoms with Gasteiger partial charge in [0.25, 0.3) is 0 Å². The molecule has 0 fully saturated rings. The van der Waals surface area contributed by atoms with Crippen LogP contribution in [0.15, 0.2) is 48.5 Å². The van der Waals surface area contributed by atoms with Crippen LogP contribution in [0.25, 0.3) is 11.1 Å². The second-order valence-electron chi connectivity index (χ2n) is 5.67. The van der Waals surface area contributed by atoms with Crippen molar-refractivity contribution in [3.05, 3.63) is 59.7 Å². The molecular weight excluding hydrogens is 331 g/mol. The van der Waals surface area contributed by atoms with Crippen molar-refractivity contribution in [3.8, 4) is 11.1 Å². The molecule has 0 aliphatic rings. The number of rotatable bonds is 6. The van der Waals surface area contributed by atoms with Gasteiger partial charge in [-0.15, -0.1) is 0 Å². The van der Waals surface area contributed by atoms with E-state index in [4.69, 9.17) is 10.5 Å². The number of aryl methyl sites for hydroxylation is 1. The predicted octanol–water partition coefficient (Wildman–Crippen LogP) is 4.20. The van der Waals surface area contributed by atoms with Crippen molar-refractivity contribution in [3.63, 3.8) is 0 Å². The summed E-state index contributed by atoms with van der Waals surface area (Å²) in [6.07, 6.45) is -3.24. The van der Waals surface area contributed by atoms with Gasteiger partial charge in [0.1, 0.15) is 6.04 Å². The molecule has 25 heavy (non-hydrogen) atoms. The molecule has 2 N–H and O–H groups in total. The van der Waals surface area contributed by atoms with Crippen molar-refractivity contribution in [2.45, 2.75) is 32.0 Å². The Kier molecular flexibility index (Phi) is 6.20. The highest BCUT2D eigenvalue weighted by atomic mass is 19.4. The molecule has 0 aromatic heterocycles. The third kappa shape index (κ3) is 5.32. The first kappa shape index (κ1) is 19.0. The van der Waals surface area contributed by atoms with E-state index in [1.165, 1.54) is 12.1 Å². The molecule has 3 nitrogen and oxygen atoms in total. The highest BCUT2D eigenvalue weighted by molar-refractivity contribution is 5.75. The van der Waals surface area contributed by atoms with Crippen LogP contribution in [0.2, 0.25) is 0 Å². The van der Waals surface area contributed by atoms with Crippen molar-refractivity contribution in [1.82, 2.24) is 0 Å². The molecule has 0 amide bonds. The molecule has 2 aromatic rings. The van der Waals surface area contributed by atoms with Gasteiger partial charge in [0.2, 0.25) is 0 Å². The van der Waals surface area contributed by atoms with Crippen molar-refractivity contribution < 1.29 is 22.7 Å². The number of ether oxygens (including phenoxy) is 1. The van der Waals surface area contributed by atoms with Crippen LogP contribution >= 0.6 is 0 Å². The zero-order valence-corrected chi connectivity index (χ0v) is 13.8. The monoisotopic (exact) mass is 351 g/mol. The van der Waals surface area contributed by atoms with Gasteiger partial charge in [-0.05, 0) is 48.6 Å². The second kappa shape index (κ2) is 8.16. The fourth-order valence-corrected chi connectivity index (χ4v) is 2.40. The largest absolute Gasteiger partial charge is 0.465 e. The fraction of sp³-hybridized carbons (Fsp3) is 0.316. The van der Waals surface area contributed by atoms with E-state index in [1.807, 2.05) is 24.3 Å². The first-order valence-electron chi connectivity index (χ1n) is 8.00. The van der Waals surface area contributed by atoms with Crippen LogP contribution < -0.4 is 5.73 Å². The molecule has 2 aromatic carbocycles. The van der Waals surface area contributed by atoms with E-state index < -0.39 is 23.8 Å². The fourth-order valence-electron chi connectivity index (χ4n) is 2.40. The van der Waals surface area contributed by atoms with E-state index in [-0.39, 0.29) is 0 Å². The van der Waals surface area contributed by atoms with Gasteiger partial charge in [-0.2, -0.15) is 13.2 Å². The smallest absolute Gasteiger partial charge is 0.416 e. The Hall–Kier alpha value is -2.34. The van der Waals surface area contributed by atoms with Gasteiger partial charge in [-0.1, -0.05) is 36.4 Å². The minimum absolute atomic E-state index is 0.300. The summed E-state index contributed by atoms with van der Waals surface area (Å²) in [5, 5.41) is 0. The maximum absolute atomic E-state index is 12.6. The Morgan fingerprint density at radius 1 is 1.04 bits per heavy atom. The lowest BCUT2D eigenvalue weighted by molar-refractivity contribution is -0.144. The van der Waals surface area contributed by atoms with Crippen molar-refractivity contribution in [2.24, 2.45) is 5.73 Å². The summed E-state index contributed by atoms with van der Waals surface area (Å²) in [6, 6.07) is 11.8. The number of carbonyl (C=O) groups excluding carboxylic acids is 1. The Morgan fingerprint density at radius 3 is 2.04 bits per heavy atom. The number of nitrogens with two attached hydrogens (primary N) is 1. The van der Waals surface area contributed by atoms with Crippen LogP contribution in [0.5, 0.6) is 0 Å². The molecule has 1 unspecified atom stereocenters. The van der Waals surface area contributed by atoms with Gasteiger partial charge < -0.3 is 10.5 Å². The topological polar surface area (TPSA) is 52.3 Å². The summed E-state index contributed by atoms with van der Waals surface area (Å²) >= 11 is 0. The van der Waals surface area contributed by atoms with E-state index in [9.17, 15) is 18.0 Å². The number of hydrogen-bond acceptors (Lipinski definition) is 3. The van der Waals surface area contributed by atoms with E-state index in [0.29, 0.717) is 25.0 Å². The van der Waals surface area contributed by atoms with Crippen LogP contribution in [0.3, 0.4) is 0 Å². The summed E-state index contributed by atoms with van der Waals surface area (Å²) < 4.78 is 42.6. The molecule has 0 saturated heterocycles. The molecule has 0 radical (unpaired) electrons. The lowest BCUT2D eigenvalue weighted by Gasteiger charge is -2.11. The van der Waals surface area contributed by atoms with E-state index >= 15 is 0 Å². The molecule has 6 heteroatoms. The van der Waals surface area contributed by atoms with Gasteiger partial charge in [0.15, 0.2) is 0 Å². The zero-order valence-electron chi connectivity index (χ0n) is 13.8. The number of benzene rings is 2. The molecule has 0 spiro atoms. The van der Waals surface area contributed by atoms with E-state index in [0.717, 1.165) is 23.3 Å². The van der Waals surface area contributed by atoms with Crippen molar-refractivity contribution in [1.29, 1.82) is 0 Å². The second-order valence-corrected chi connectivity index (χ2v) is 5.67. The Labute approximate surface area is 144 Å². The molecule has 0 heterocycles. The first-order chi connectivity index (χ1) is 11.8. The van der Waals surface area contributed by atoms with Crippen LogP contribution in [-0.2, 0) is 22.1 Å². The van der Waals surface area contributed by atoms with Crippen LogP contribution in [0.4, 0.5) is 13.2 Å². The molecule has 0 aliphatic carbocycles. The van der Waals surface area contributed by atoms with Gasteiger partial charge in [-0.3, -0.25) is 4.79 Å². The summed E-state index contributed by atoms with van der Waals surface area (Å²) in [6.45, 7) is 2.03. The van der Waals surface area contributed by atoms with Gasteiger partial charge >= 0.3 is 12.1 Å². The third-order valence-corrected chi connectivity index (χ3v) is 3.83. The highest BCUT2D eigenvalue weighted by Crippen LogP contribution is 2.31. The maximum atomic E-state index is 12.6. The molecule has 2 rings (SSSR count). The van der Waals surface area contributed by atoms with Crippen LogP contribution in [0.1, 0.15) is 24.5 Å². The van der Waals surface area contributed by atoms with Gasteiger partial charge in [0, 0.05) is 0 Å². The van der Waals surface area contributed by atoms with Gasteiger partial charge in [0.05, 0.1) is 12.2 Å². The quantitative estimate of drug-likeness (QED) is 0.794. The van der Waals surface area contributed by atoms with E-state index in [1.54, 1.807) is 6.92 Å². The molecule has 0 aliphatic heterocycles. The van der Waals surface area contributed by atoms with Crippen LogP contribution in [0, 0.1) is 0 Å². The minimum atomic E-state index is -4.33. The number of halogens is 3. The molecule has 134 valence electrons. The standard InChI is InChI=1S/C19H20F3NO2/c1-2-25-18(24)17(23)12-5-13-3-6-14(7-4-13)15-8-10-16(11-9-15)19(20,21)22/h3-4,6-11,17H,2,5,12,23H2,1H3. The number of carbonyl (C=O) groups is 1. The Bertz CT molecular complexity index is 694. The number of hydrogen-bond donors (Lipinski definition) is 1. The van der Waals surface area contributed by atoms with E-state index in [2.05, 4.69) is 0 Å². The Balaban J connectivity index is 1.99. The minimum Gasteiger partial charge on any atom is -0.465 e. The summed E-state index contributed by atoms with van der Waals surface area (Å²) in [5.41, 5.74) is 7.62. The molecule has 1 atom stereocenters. The van der Waals surface area contributed by atoms with Crippen molar-refractivity contribution in [2.75, 3.05) is 6.61 Å². The summed E-state index contributed by atoms with van der Waals surface area (Å²) in [4.78, 5) is 11.5. The Morgan fingerprint density at radius 2 is 1.56 bits per heavy atom. The molecule has 0 bridgehead atoms. The highest BCUT2D eigenvalue weighted by Gasteiger charge is 2.29. The molecular formula is C19H20F3NO2. The maximum Gasteiger partial charge on any atom is 0.416 e. The average molecular weight is 351 g/mol. The average Bonchev–Trinajstić information content (AvgIpc) is 2.59. The number of alkyl halides is 3. The SMILES string of the molecule is CCOC(=O)C(N)CCc1ccc(-c2ccc(C(F)(F)F)cc2)cc1. The molecule has 0 saturated carbocycles. The van der Waals surface area contributed by atoms with Crippen molar-refractivity contribution >= 4 is 5.97 Å². The first-order valence-corrected chi connectivity index (χ1v) is 8.00. The van der Waals surface area contributed by atoms with Crippen LogP contribution in [-0.4, -0.2) is 18.6 Å². The zero-order chi connectivity index (χ0) is 18.4. The lowest BCUT2D eigenvalue weighted by atomic mass is 10.00.